The van der Waals surface area contributed by atoms with Crippen LogP contribution in [0.15, 0.2) is 77.9 Å². The molecule has 32 heavy (non-hydrogen) atoms. The number of hydrazone groups is 1. The minimum absolute atomic E-state index is 0.0798. The summed E-state index contributed by atoms with van der Waals surface area (Å²) in [5.41, 5.74) is 8.25. The van der Waals surface area contributed by atoms with Crippen molar-refractivity contribution in [2.45, 2.75) is 13.5 Å². The monoisotopic (exact) mass is 423 g/mol. The van der Waals surface area contributed by atoms with E-state index < -0.39 is 0 Å². The lowest BCUT2D eigenvalue weighted by Crippen LogP contribution is -2.24. The van der Waals surface area contributed by atoms with Crippen LogP contribution in [0.4, 0.5) is 0 Å². The lowest BCUT2D eigenvalue weighted by atomic mass is 10.1. The zero-order chi connectivity index (χ0) is 22.1. The minimum atomic E-state index is -0.240. The van der Waals surface area contributed by atoms with Gasteiger partial charge in [0.15, 0.2) is 5.65 Å². The third-order valence-electron chi connectivity index (χ3n) is 5.42. The van der Waals surface area contributed by atoms with Crippen molar-refractivity contribution in [3.05, 3.63) is 78.4 Å². The second-order valence-corrected chi connectivity index (χ2v) is 7.45. The van der Waals surface area contributed by atoms with Gasteiger partial charge < -0.3 is 9.30 Å². The Labute approximate surface area is 184 Å². The second-order valence-electron chi connectivity index (χ2n) is 7.45. The first-order chi connectivity index (χ1) is 15.6. The SMILES string of the molecule is COc1ccc(/C(C)=N\NC(=O)Cn2c3ccccc3c3nc4ccccc4nc32)cc1. The van der Waals surface area contributed by atoms with Gasteiger partial charge in [0, 0.05) is 5.39 Å². The molecule has 5 aromatic rings. The van der Waals surface area contributed by atoms with E-state index in [-0.39, 0.29) is 12.5 Å². The first-order valence-corrected chi connectivity index (χ1v) is 10.3. The third-order valence-corrected chi connectivity index (χ3v) is 5.42. The lowest BCUT2D eigenvalue weighted by molar-refractivity contribution is -0.121. The highest BCUT2D eigenvalue weighted by molar-refractivity contribution is 6.07. The topological polar surface area (TPSA) is 81.4 Å². The van der Waals surface area contributed by atoms with Crippen LogP contribution in [0.1, 0.15) is 12.5 Å². The molecule has 0 saturated carbocycles. The van der Waals surface area contributed by atoms with Crippen LogP contribution < -0.4 is 10.2 Å². The van der Waals surface area contributed by atoms with E-state index in [1.807, 2.05) is 84.3 Å². The fraction of sp³-hybridized carbons (Fsp3) is 0.120. The molecule has 0 spiro atoms. The summed E-state index contributed by atoms with van der Waals surface area (Å²) in [5.74, 6) is 0.529. The molecule has 0 aliphatic carbocycles. The van der Waals surface area contributed by atoms with Crippen molar-refractivity contribution in [1.29, 1.82) is 0 Å². The molecule has 0 bridgehead atoms. The van der Waals surface area contributed by atoms with Crippen molar-refractivity contribution in [3.8, 4) is 5.75 Å². The summed E-state index contributed by atoms with van der Waals surface area (Å²) >= 11 is 0. The average Bonchev–Trinajstić information content (AvgIpc) is 3.13. The van der Waals surface area contributed by atoms with Gasteiger partial charge in [-0.2, -0.15) is 5.10 Å². The molecule has 3 aromatic carbocycles. The molecule has 0 unspecified atom stereocenters. The van der Waals surface area contributed by atoms with Crippen molar-refractivity contribution in [2.24, 2.45) is 5.10 Å². The van der Waals surface area contributed by atoms with Gasteiger partial charge in [0.1, 0.15) is 17.8 Å². The zero-order valence-corrected chi connectivity index (χ0v) is 17.7. The first-order valence-electron chi connectivity index (χ1n) is 10.3. The molecule has 1 N–H and O–H groups in total. The molecule has 0 saturated heterocycles. The number of amides is 1. The van der Waals surface area contributed by atoms with Crippen molar-refractivity contribution in [1.82, 2.24) is 20.0 Å². The third kappa shape index (κ3) is 3.54. The van der Waals surface area contributed by atoms with Crippen molar-refractivity contribution in [2.75, 3.05) is 7.11 Å². The van der Waals surface area contributed by atoms with E-state index in [4.69, 9.17) is 14.7 Å². The van der Waals surface area contributed by atoms with Gasteiger partial charge in [-0.05, 0) is 55.0 Å². The molecule has 5 rings (SSSR count). The average molecular weight is 423 g/mol. The minimum Gasteiger partial charge on any atom is -0.497 e. The number of ether oxygens (including phenoxy) is 1. The Kier molecular flexibility index (Phi) is 4.99. The standard InChI is InChI=1S/C25H21N5O2/c1-16(17-11-13-18(32-2)14-12-17)28-29-23(31)15-30-22-10-6-3-7-19(22)24-25(30)27-21-9-5-4-8-20(21)26-24/h3-14H,15H2,1-2H3,(H,29,31)/b28-16-. The number of benzene rings is 3. The van der Waals surface area contributed by atoms with E-state index in [0.29, 0.717) is 11.4 Å². The highest BCUT2D eigenvalue weighted by Gasteiger charge is 2.16. The molecule has 0 atom stereocenters. The number of nitrogens with one attached hydrogen (secondary N) is 1. The molecule has 2 aromatic heterocycles. The zero-order valence-electron chi connectivity index (χ0n) is 17.7. The molecular formula is C25H21N5O2. The second kappa shape index (κ2) is 8.11. The number of carbonyl (C=O) groups is 1. The number of rotatable bonds is 5. The summed E-state index contributed by atoms with van der Waals surface area (Å²) in [6.45, 7) is 1.93. The predicted molar refractivity (Wildman–Crippen MR) is 126 cm³/mol. The van der Waals surface area contributed by atoms with Gasteiger partial charge in [-0.15, -0.1) is 0 Å². The van der Waals surface area contributed by atoms with E-state index >= 15 is 0 Å². The molecular weight excluding hydrogens is 402 g/mol. The Bertz CT molecular complexity index is 1490. The smallest absolute Gasteiger partial charge is 0.260 e. The molecule has 0 aliphatic rings. The number of hydrogen-bond acceptors (Lipinski definition) is 5. The summed E-state index contributed by atoms with van der Waals surface area (Å²) in [4.78, 5) is 22.4. The van der Waals surface area contributed by atoms with E-state index in [2.05, 4.69) is 10.5 Å². The lowest BCUT2D eigenvalue weighted by Gasteiger charge is -2.07. The Hall–Kier alpha value is -4.26. The van der Waals surface area contributed by atoms with Crippen LogP contribution in [0, 0.1) is 0 Å². The maximum absolute atomic E-state index is 12.8. The quantitative estimate of drug-likeness (QED) is 0.338. The Morgan fingerprint density at radius 2 is 1.66 bits per heavy atom. The number of para-hydroxylation sites is 3. The van der Waals surface area contributed by atoms with Crippen molar-refractivity contribution < 1.29 is 9.53 Å². The molecule has 0 fully saturated rings. The van der Waals surface area contributed by atoms with Crippen molar-refractivity contribution in [3.63, 3.8) is 0 Å². The number of fused-ring (bicyclic) bond motifs is 4. The first kappa shape index (κ1) is 19.7. The highest BCUT2D eigenvalue weighted by atomic mass is 16.5. The number of aromatic nitrogens is 3. The Morgan fingerprint density at radius 3 is 2.41 bits per heavy atom. The van der Waals surface area contributed by atoms with Crippen LogP contribution in [-0.2, 0) is 11.3 Å². The van der Waals surface area contributed by atoms with Crippen LogP contribution in [0.5, 0.6) is 5.75 Å². The molecule has 7 heteroatoms. The fourth-order valence-electron chi connectivity index (χ4n) is 3.76. The summed E-state index contributed by atoms with van der Waals surface area (Å²) < 4.78 is 7.07. The maximum atomic E-state index is 12.8. The molecule has 1 amide bonds. The largest absolute Gasteiger partial charge is 0.497 e. The summed E-state index contributed by atoms with van der Waals surface area (Å²) in [7, 11) is 1.62. The number of hydrogen-bond donors (Lipinski definition) is 1. The highest BCUT2D eigenvalue weighted by Crippen LogP contribution is 2.28. The van der Waals surface area contributed by atoms with Crippen LogP contribution >= 0.6 is 0 Å². The Morgan fingerprint density at radius 1 is 0.969 bits per heavy atom. The summed E-state index contributed by atoms with van der Waals surface area (Å²) in [5, 5.41) is 5.23. The van der Waals surface area contributed by atoms with Gasteiger partial charge in [-0.1, -0.05) is 30.3 Å². The molecule has 7 nitrogen and oxygen atoms in total. The normalized spacial score (nSPS) is 11.9. The van der Waals surface area contributed by atoms with Crippen molar-refractivity contribution >= 4 is 44.7 Å². The van der Waals surface area contributed by atoms with Crippen LogP contribution in [0.3, 0.4) is 0 Å². The number of methoxy groups -OCH3 is 1. The van der Waals surface area contributed by atoms with E-state index in [9.17, 15) is 4.79 Å². The van der Waals surface area contributed by atoms with Crippen LogP contribution in [0.25, 0.3) is 33.1 Å². The molecule has 0 radical (unpaired) electrons. The Balaban J connectivity index is 1.47. The van der Waals surface area contributed by atoms with E-state index in [0.717, 1.165) is 38.8 Å². The number of nitrogens with zero attached hydrogens (tertiary/aromatic N) is 4. The van der Waals surface area contributed by atoms with Gasteiger partial charge in [0.25, 0.3) is 5.91 Å². The summed E-state index contributed by atoms with van der Waals surface area (Å²) in [6.07, 6.45) is 0. The number of carbonyl (C=O) groups excluding carboxylic acids is 1. The van der Waals surface area contributed by atoms with E-state index in [1.54, 1.807) is 7.11 Å². The van der Waals surface area contributed by atoms with Gasteiger partial charge in [0.05, 0.1) is 29.4 Å². The molecule has 158 valence electrons. The predicted octanol–water partition coefficient (Wildman–Crippen LogP) is 4.29. The van der Waals surface area contributed by atoms with Gasteiger partial charge >= 0.3 is 0 Å². The van der Waals surface area contributed by atoms with Crippen LogP contribution in [0.2, 0.25) is 0 Å². The molecule has 2 heterocycles. The van der Waals surface area contributed by atoms with Gasteiger partial charge in [0.2, 0.25) is 0 Å². The van der Waals surface area contributed by atoms with E-state index in [1.165, 1.54) is 0 Å². The fourth-order valence-corrected chi connectivity index (χ4v) is 3.76. The summed E-state index contributed by atoms with van der Waals surface area (Å²) in [6, 6.07) is 23.1. The van der Waals surface area contributed by atoms with Gasteiger partial charge in [-0.3, -0.25) is 4.79 Å². The van der Waals surface area contributed by atoms with Gasteiger partial charge in [-0.25, -0.2) is 15.4 Å². The molecule has 0 aliphatic heterocycles. The van der Waals surface area contributed by atoms with Crippen LogP contribution in [-0.4, -0.2) is 33.3 Å². The maximum Gasteiger partial charge on any atom is 0.260 e.